The van der Waals surface area contributed by atoms with Crippen molar-refractivity contribution in [2.45, 2.75) is 90.2 Å². The second kappa shape index (κ2) is 13.2. The monoisotopic (exact) mass is 378 g/mol. The lowest BCUT2D eigenvalue weighted by atomic mass is 9.86. The van der Waals surface area contributed by atoms with E-state index >= 15 is 0 Å². The number of unbranched alkanes of at least 4 members (excludes halogenated alkanes) is 7. The fourth-order valence-electron chi connectivity index (χ4n) is 3.21. The van der Waals surface area contributed by atoms with Crippen LogP contribution in [0.2, 0.25) is 0 Å². The number of thioether (sulfide) groups is 1. The van der Waals surface area contributed by atoms with E-state index in [1.54, 1.807) is 0 Å². The SMILES string of the molecule is CCCCCCCCCCC(C)SCC(C)(Cc1ccccc1)C(=O)O. The number of rotatable bonds is 15. The van der Waals surface area contributed by atoms with Gasteiger partial charge >= 0.3 is 5.97 Å². The van der Waals surface area contributed by atoms with Gasteiger partial charge in [-0.1, -0.05) is 95.5 Å². The maximum atomic E-state index is 11.8. The highest BCUT2D eigenvalue weighted by molar-refractivity contribution is 7.99. The summed E-state index contributed by atoms with van der Waals surface area (Å²) >= 11 is 1.82. The van der Waals surface area contributed by atoms with E-state index in [1.807, 2.05) is 49.0 Å². The minimum absolute atomic E-state index is 0.532. The molecular formula is C23H38O2S. The molecule has 0 aliphatic rings. The first-order valence-electron chi connectivity index (χ1n) is 10.4. The predicted molar refractivity (Wildman–Crippen MR) is 115 cm³/mol. The Morgan fingerprint density at radius 2 is 1.62 bits per heavy atom. The van der Waals surface area contributed by atoms with Crippen molar-refractivity contribution in [1.82, 2.24) is 0 Å². The molecular weight excluding hydrogens is 340 g/mol. The third-order valence-corrected chi connectivity index (χ3v) is 6.71. The normalized spacial score (nSPS) is 14.7. The largest absolute Gasteiger partial charge is 0.481 e. The number of carboxylic acid groups (broad SMARTS) is 1. The van der Waals surface area contributed by atoms with Gasteiger partial charge in [-0.2, -0.15) is 11.8 Å². The van der Waals surface area contributed by atoms with Crippen LogP contribution in [0.5, 0.6) is 0 Å². The Bertz CT molecular complexity index is 488. The fraction of sp³-hybridized carbons (Fsp3) is 0.696. The van der Waals surface area contributed by atoms with Crippen molar-refractivity contribution in [3.63, 3.8) is 0 Å². The Labute approximate surface area is 165 Å². The summed E-state index contributed by atoms with van der Waals surface area (Å²) in [5.74, 6) is -0.0109. The zero-order chi connectivity index (χ0) is 19.3. The molecule has 0 aliphatic carbocycles. The third-order valence-electron chi connectivity index (χ3n) is 5.10. The van der Waals surface area contributed by atoms with Crippen molar-refractivity contribution in [1.29, 1.82) is 0 Å². The van der Waals surface area contributed by atoms with Gasteiger partial charge in [0.25, 0.3) is 0 Å². The van der Waals surface area contributed by atoms with Gasteiger partial charge in [-0.25, -0.2) is 0 Å². The first-order valence-corrected chi connectivity index (χ1v) is 11.4. The van der Waals surface area contributed by atoms with Crippen molar-refractivity contribution in [2.24, 2.45) is 5.41 Å². The number of benzene rings is 1. The molecule has 0 aliphatic heterocycles. The number of aliphatic carboxylic acids is 1. The van der Waals surface area contributed by atoms with Crippen LogP contribution in [0.15, 0.2) is 30.3 Å². The van der Waals surface area contributed by atoms with Gasteiger partial charge in [-0.05, 0) is 25.3 Å². The van der Waals surface area contributed by atoms with Gasteiger partial charge in [-0.3, -0.25) is 4.79 Å². The molecule has 0 bridgehead atoms. The third kappa shape index (κ3) is 9.66. The highest BCUT2D eigenvalue weighted by Gasteiger charge is 2.33. The van der Waals surface area contributed by atoms with E-state index in [9.17, 15) is 9.90 Å². The molecule has 148 valence electrons. The van der Waals surface area contributed by atoms with Crippen LogP contribution in [0, 0.1) is 5.41 Å². The average Bonchev–Trinajstić information content (AvgIpc) is 2.63. The van der Waals surface area contributed by atoms with Crippen LogP contribution in [-0.2, 0) is 11.2 Å². The molecule has 0 amide bonds. The first kappa shape index (κ1) is 23.1. The zero-order valence-corrected chi connectivity index (χ0v) is 17.8. The van der Waals surface area contributed by atoms with Gasteiger partial charge in [-0.15, -0.1) is 0 Å². The molecule has 0 aromatic heterocycles. The standard InChI is InChI=1S/C23H38O2S/c1-4-5-6-7-8-9-10-12-15-20(2)26-19-23(3,22(24)25)18-21-16-13-11-14-17-21/h11,13-14,16-17,20H,4-10,12,15,18-19H2,1-3H3,(H,24,25). The molecule has 1 aromatic rings. The molecule has 1 N–H and O–H groups in total. The Hall–Kier alpha value is -0.960. The smallest absolute Gasteiger partial charge is 0.310 e. The highest BCUT2D eigenvalue weighted by Crippen LogP contribution is 2.31. The first-order chi connectivity index (χ1) is 12.5. The van der Waals surface area contributed by atoms with Gasteiger partial charge in [0.05, 0.1) is 5.41 Å². The molecule has 0 saturated carbocycles. The van der Waals surface area contributed by atoms with E-state index in [1.165, 1.54) is 57.8 Å². The van der Waals surface area contributed by atoms with Crippen molar-refractivity contribution in [3.8, 4) is 0 Å². The van der Waals surface area contributed by atoms with Crippen molar-refractivity contribution in [3.05, 3.63) is 35.9 Å². The quantitative estimate of drug-likeness (QED) is 0.335. The van der Waals surface area contributed by atoms with Gasteiger partial charge in [0.2, 0.25) is 0 Å². The summed E-state index contributed by atoms with van der Waals surface area (Å²) in [6, 6.07) is 9.99. The summed E-state index contributed by atoms with van der Waals surface area (Å²) in [6.45, 7) is 6.39. The molecule has 2 atom stereocenters. The minimum atomic E-state index is -0.695. The number of hydrogen-bond acceptors (Lipinski definition) is 2. The van der Waals surface area contributed by atoms with Crippen molar-refractivity contribution >= 4 is 17.7 Å². The van der Waals surface area contributed by atoms with Crippen molar-refractivity contribution in [2.75, 3.05) is 5.75 Å². The Morgan fingerprint density at radius 1 is 1.04 bits per heavy atom. The highest BCUT2D eigenvalue weighted by atomic mass is 32.2. The van der Waals surface area contributed by atoms with Gasteiger partial charge in [0.1, 0.15) is 0 Å². The molecule has 26 heavy (non-hydrogen) atoms. The van der Waals surface area contributed by atoms with Gasteiger partial charge in [0.15, 0.2) is 0 Å². The van der Waals surface area contributed by atoms with E-state index in [0.717, 1.165) is 5.56 Å². The summed E-state index contributed by atoms with van der Waals surface area (Å²) in [5.41, 5.74) is 0.410. The number of hydrogen-bond donors (Lipinski definition) is 1. The molecule has 0 heterocycles. The lowest BCUT2D eigenvalue weighted by molar-refractivity contribution is -0.146. The molecule has 1 rings (SSSR count). The van der Waals surface area contributed by atoms with Crippen LogP contribution in [-0.4, -0.2) is 22.1 Å². The Kier molecular flexibility index (Phi) is 11.8. The van der Waals surface area contributed by atoms with Crippen molar-refractivity contribution < 1.29 is 9.90 Å². The lowest BCUT2D eigenvalue weighted by Crippen LogP contribution is -2.33. The van der Waals surface area contributed by atoms with E-state index < -0.39 is 11.4 Å². The Morgan fingerprint density at radius 3 is 2.19 bits per heavy atom. The lowest BCUT2D eigenvalue weighted by Gasteiger charge is -2.26. The molecule has 0 saturated heterocycles. The van der Waals surface area contributed by atoms with Crippen LogP contribution < -0.4 is 0 Å². The second-order valence-corrected chi connectivity index (χ2v) is 9.34. The topological polar surface area (TPSA) is 37.3 Å². The summed E-state index contributed by atoms with van der Waals surface area (Å²) in [6.07, 6.45) is 12.6. The molecule has 2 nitrogen and oxygen atoms in total. The molecule has 0 radical (unpaired) electrons. The Balaban J connectivity index is 2.25. The van der Waals surface area contributed by atoms with E-state index in [2.05, 4.69) is 13.8 Å². The van der Waals surface area contributed by atoms with E-state index in [4.69, 9.17) is 0 Å². The summed E-state index contributed by atoms with van der Waals surface area (Å²) in [4.78, 5) is 11.8. The molecule has 2 unspecified atom stereocenters. The van der Waals surface area contributed by atoms with Crippen LogP contribution >= 0.6 is 11.8 Å². The molecule has 0 fully saturated rings. The maximum Gasteiger partial charge on any atom is 0.310 e. The van der Waals surface area contributed by atoms with Crippen LogP contribution in [0.4, 0.5) is 0 Å². The maximum absolute atomic E-state index is 11.8. The number of carboxylic acids is 1. The van der Waals surface area contributed by atoms with Crippen LogP contribution in [0.3, 0.4) is 0 Å². The summed E-state index contributed by atoms with van der Waals surface area (Å²) < 4.78 is 0. The molecule has 3 heteroatoms. The minimum Gasteiger partial charge on any atom is -0.481 e. The summed E-state index contributed by atoms with van der Waals surface area (Å²) in [5, 5.41) is 10.3. The van der Waals surface area contributed by atoms with E-state index in [0.29, 0.717) is 17.4 Å². The molecule has 0 spiro atoms. The van der Waals surface area contributed by atoms with Crippen LogP contribution in [0.25, 0.3) is 0 Å². The van der Waals surface area contributed by atoms with Gasteiger partial charge < -0.3 is 5.11 Å². The average molecular weight is 379 g/mol. The fourth-order valence-corrected chi connectivity index (χ4v) is 4.42. The summed E-state index contributed by atoms with van der Waals surface area (Å²) in [7, 11) is 0. The predicted octanol–water partition coefficient (Wildman–Crippen LogP) is 6.97. The van der Waals surface area contributed by atoms with Gasteiger partial charge in [0, 0.05) is 11.0 Å². The second-order valence-electron chi connectivity index (χ2n) is 7.91. The number of carbonyl (C=O) groups is 1. The molecule has 1 aromatic carbocycles. The van der Waals surface area contributed by atoms with Crippen LogP contribution in [0.1, 0.15) is 84.1 Å². The van der Waals surface area contributed by atoms with E-state index in [-0.39, 0.29) is 0 Å². The zero-order valence-electron chi connectivity index (χ0n) is 17.0.